The minimum absolute atomic E-state index is 0.0430. The quantitative estimate of drug-likeness (QED) is 0.806. The molecule has 0 radical (unpaired) electrons. The Morgan fingerprint density at radius 3 is 2.84 bits per heavy atom. The van der Waals surface area contributed by atoms with Crippen LogP contribution in [0.2, 0.25) is 0 Å². The monoisotopic (exact) mass is 265 g/mol. The van der Waals surface area contributed by atoms with Crippen molar-refractivity contribution in [1.29, 1.82) is 0 Å². The number of rotatable bonds is 6. The van der Waals surface area contributed by atoms with Crippen molar-refractivity contribution in [3.05, 3.63) is 35.1 Å². The van der Waals surface area contributed by atoms with Gasteiger partial charge in [-0.05, 0) is 43.1 Å². The average molecular weight is 265 g/mol. The zero-order valence-corrected chi connectivity index (χ0v) is 11.2. The predicted octanol–water partition coefficient (Wildman–Crippen LogP) is 0.995. The lowest BCUT2D eigenvalue weighted by atomic mass is 10.1. The van der Waals surface area contributed by atoms with Crippen LogP contribution in [-0.2, 0) is 17.9 Å². The lowest BCUT2D eigenvalue weighted by Crippen LogP contribution is -2.36. The molecule has 19 heavy (non-hydrogen) atoms. The summed E-state index contributed by atoms with van der Waals surface area (Å²) in [6, 6.07) is 4.98. The number of hydrogen-bond donors (Lipinski definition) is 2. The molecule has 3 N–H and O–H groups in total. The summed E-state index contributed by atoms with van der Waals surface area (Å²) in [6.45, 7) is 1.23. The highest BCUT2D eigenvalue weighted by Crippen LogP contribution is 2.18. The van der Waals surface area contributed by atoms with Gasteiger partial charge in [-0.25, -0.2) is 4.39 Å². The van der Waals surface area contributed by atoms with E-state index in [1.165, 1.54) is 12.1 Å². The molecule has 1 fully saturated rings. The van der Waals surface area contributed by atoms with Gasteiger partial charge in [-0.1, -0.05) is 6.07 Å². The number of likely N-dealkylation sites (N-methyl/N-ethyl adjacent to an activating group) is 1. The van der Waals surface area contributed by atoms with E-state index >= 15 is 0 Å². The van der Waals surface area contributed by atoms with Crippen LogP contribution >= 0.6 is 0 Å². The smallest absolute Gasteiger partial charge is 0.234 e. The van der Waals surface area contributed by atoms with E-state index in [4.69, 9.17) is 5.73 Å². The van der Waals surface area contributed by atoms with Crippen LogP contribution in [0.1, 0.15) is 24.0 Å². The summed E-state index contributed by atoms with van der Waals surface area (Å²) in [5, 5.41) is 2.94. The third-order valence-electron chi connectivity index (χ3n) is 3.18. The average Bonchev–Trinajstić information content (AvgIpc) is 3.14. The number of benzene rings is 1. The van der Waals surface area contributed by atoms with Gasteiger partial charge in [-0.3, -0.25) is 9.69 Å². The molecule has 1 aliphatic rings. The summed E-state index contributed by atoms with van der Waals surface area (Å²) in [6.07, 6.45) is 2.18. The molecule has 0 aromatic heterocycles. The van der Waals surface area contributed by atoms with Gasteiger partial charge in [-0.15, -0.1) is 0 Å². The van der Waals surface area contributed by atoms with Crippen molar-refractivity contribution in [2.45, 2.75) is 32.0 Å². The number of hydrogen-bond acceptors (Lipinski definition) is 3. The maximum Gasteiger partial charge on any atom is 0.234 e. The molecule has 5 heteroatoms. The molecule has 0 aliphatic heterocycles. The second-order valence-corrected chi connectivity index (χ2v) is 5.13. The molecule has 2 rings (SSSR count). The Hall–Kier alpha value is -1.46. The van der Waals surface area contributed by atoms with Gasteiger partial charge in [0, 0.05) is 19.1 Å². The maximum absolute atomic E-state index is 13.1. The number of amides is 1. The van der Waals surface area contributed by atoms with Gasteiger partial charge in [-0.2, -0.15) is 0 Å². The van der Waals surface area contributed by atoms with Gasteiger partial charge in [0.05, 0.1) is 6.54 Å². The fourth-order valence-electron chi connectivity index (χ4n) is 2.03. The number of halogens is 1. The standard InChI is InChI=1S/C14H20FN3O/c1-18(9-14(19)17-13-4-5-13)8-10-2-3-12(15)6-11(10)7-16/h2-3,6,13H,4-5,7-9,16H2,1H3,(H,17,19). The van der Waals surface area contributed by atoms with Crippen LogP contribution in [0, 0.1) is 5.82 Å². The van der Waals surface area contributed by atoms with Crippen molar-refractivity contribution in [1.82, 2.24) is 10.2 Å². The maximum atomic E-state index is 13.1. The first kappa shape index (κ1) is 14.0. The highest BCUT2D eigenvalue weighted by Gasteiger charge is 2.23. The lowest BCUT2D eigenvalue weighted by molar-refractivity contribution is -0.122. The van der Waals surface area contributed by atoms with Crippen LogP contribution in [-0.4, -0.2) is 30.4 Å². The Morgan fingerprint density at radius 2 is 2.21 bits per heavy atom. The zero-order valence-electron chi connectivity index (χ0n) is 11.2. The number of nitrogens with zero attached hydrogens (tertiary/aromatic N) is 1. The third kappa shape index (κ3) is 4.29. The normalized spacial score (nSPS) is 14.7. The first-order valence-corrected chi connectivity index (χ1v) is 6.53. The molecule has 1 saturated carbocycles. The van der Waals surface area contributed by atoms with E-state index in [1.54, 1.807) is 6.07 Å². The Kier molecular flexibility index (Phi) is 4.50. The van der Waals surface area contributed by atoms with Crippen molar-refractivity contribution in [2.75, 3.05) is 13.6 Å². The second kappa shape index (κ2) is 6.12. The van der Waals surface area contributed by atoms with Crippen molar-refractivity contribution < 1.29 is 9.18 Å². The highest BCUT2D eigenvalue weighted by atomic mass is 19.1. The molecule has 0 spiro atoms. The summed E-state index contributed by atoms with van der Waals surface area (Å²) >= 11 is 0. The Labute approximate surface area is 112 Å². The molecular weight excluding hydrogens is 245 g/mol. The van der Waals surface area contributed by atoms with Gasteiger partial charge in [0.2, 0.25) is 5.91 Å². The van der Waals surface area contributed by atoms with Crippen molar-refractivity contribution >= 4 is 5.91 Å². The number of nitrogens with two attached hydrogens (primary N) is 1. The minimum atomic E-state index is -0.279. The molecule has 0 atom stereocenters. The SMILES string of the molecule is CN(CC(=O)NC1CC1)Cc1ccc(F)cc1CN. The van der Waals surface area contributed by atoms with Crippen LogP contribution in [0.5, 0.6) is 0 Å². The van der Waals surface area contributed by atoms with Gasteiger partial charge in [0.25, 0.3) is 0 Å². The molecule has 0 heterocycles. The number of carbonyl (C=O) groups excluding carboxylic acids is 1. The molecule has 104 valence electrons. The number of nitrogens with one attached hydrogen (secondary N) is 1. The molecule has 1 aromatic carbocycles. The fourth-order valence-corrected chi connectivity index (χ4v) is 2.03. The van der Waals surface area contributed by atoms with Gasteiger partial charge in [0.1, 0.15) is 5.82 Å². The molecule has 0 unspecified atom stereocenters. The topological polar surface area (TPSA) is 58.4 Å². The van der Waals surface area contributed by atoms with E-state index in [0.717, 1.165) is 24.0 Å². The summed E-state index contributed by atoms with van der Waals surface area (Å²) < 4.78 is 13.1. The summed E-state index contributed by atoms with van der Waals surface area (Å²) in [4.78, 5) is 13.6. The first-order chi connectivity index (χ1) is 9.08. The Balaban J connectivity index is 1.90. The third-order valence-corrected chi connectivity index (χ3v) is 3.18. The van der Waals surface area contributed by atoms with Gasteiger partial charge >= 0.3 is 0 Å². The Morgan fingerprint density at radius 1 is 1.47 bits per heavy atom. The van der Waals surface area contributed by atoms with E-state index in [-0.39, 0.29) is 11.7 Å². The lowest BCUT2D eigenvalue weighted by Gasteiger charge is -2.18. The molecule has 1 amide bonds. The van der Waals surface area contributed by atoms with Crippen LogP contribution < -0.4 is 11.1 Å². The molecular formula is C14H20FN3O. The molecule has 0 saturated heterocycles. The zero-order chi connectivity index (χ0) is 13.8. The molecule has 1 aliphatic carbocycles. The van der Waals surface area contributed by atoms with Crippen molar-refractivity contribution in [3.8, 4) is 0 Å². The van der Waals surface area contributed by atoms with Gasteiger partial charge < -0.3 is 11.1 Å². The highest BCUT2D eigenvalue weighted by molar-refractivity contribution is 5.78. The van der Waals surface area contributed by atoms with Gasteiger partial charge in [0.15, 0.2) is 0 Å². The second-order valence-electron chi connectivity index (χ2n) is 5.13. The molecule has 4 nitrogen and oxygen atoms in total. The van der Waals surface area contributed by atoms with E-state index in [1.807, 2.05) is 11.9 Å². The molecule has 0 bridgehead atoms. The summed E-state index contributed by atoms with van der Waals surface area (Å²) in [7, 11) is 1.87. The van der Waals surface area contributed by atoms with E-state index in [0.29, 0.717) is 25.7 Å². The van der Waals surface area contributed by atoms with E-state index in [2.05, 4.69) is 5.32 Å². The van der Waals surface area contributed by atoms with Crippen molar-refractivity contribution in [2.24, 2.45) is 5.73 Å². The summed E-state index contributed by atoms with van der Waals surface area (Å²) in [5.41, 5.74) is 7.36. The molecule has 1 aromatic rings. The summed E-state index contributed by atoms with van der Waals surface area (Å²) in [5.74, 6) is -0.236. The number of carbonyl (C=O) groups is 1. The largest absolute Gasteiger partial charge is 0.352 e. The van der Waals surface area contributed by atoms with Crippen LogP contribution in [0.3, 0.4) is 0 Å². The van der Waals surface area contributed by atoms with Crippen LogP contribution in [0.4, 0.5) is 4.39 Å². The van der Waals surface area contributed by atoms with Crippen molar-refractivity contribution in [3.63, 3.8) is 0 Å². The van der Waals surface area contributed by atoms with E-state index < -0.39 is 0 Å². The van der Waals surface area contributed by atoms with Crippen LogP contribution in [0.15, 0.2) is 18.2 Å². The van der Waals surface area contributed by atoms with Crippen LogP contribution in [0.25, 0.3) is 0 Å². The Bertz CT molecular complexity index is 460. The fraction of sp³-hybridized carbons (Fsp3) is 0.500. The first-order valence-electron chi connectivity index (χ1n) is 6.53. The minimum Gasteiger partial charge on any atom is -0.352 e. The van der Waals surface area contributed by atoms with E-state index in [9.17, 15) is 9.18 Å². The predicted molar refractivity (Wildman–Crippen MR) is 71.8 cm³/mol.